The summed E-state index contributed by atoms with van der Waals surface area (Å²) in [6, 6.07) is 0. The molecule has 0 aromatic heterocycles. The van der Waals surface area contributed by atoms with Crippen molar-refractivity contribution in [2.75, 3.05) is 0 Å². The minimum absolute atomic E-state index is 0. The summed E-state index contributed by atoms with van der Waals surface area (Å²) in [4.78, 5) is 0. The van der Waals surface area contributed by atoms with Crippen LogP contribution in [0.1, 0.15) is 0 Å². The third-order valence-corrected chi connectivity index (χ3v) is 0. The van der Waals surface area contributed by atoms with Gasteiger partial charge in [-0.25, -0.2) is 0 Å². The van der Waals surface area contributed by atoms with Crippen molar-refractivity contribution in [3.05, 3.63) is 0 Å². The zero-order valence-corrected chi connectivity index (χ0v) is 8.47. The molecule has 0 aliphatic heterocycles. The predicted octanol–water partition coefficient (Wildman–Crippen LogP) is -3.70. The van der Waals surface area contributed by atoms with E-state index in [9.17, 15) is 0 Å². The molecule has 0 spiro atoms. The standard InChI is InChI=1S/Cd.ClH.5H2O/h;1H;5*1H2. The van der Waals surface area contributed by atoms with Gasteiger partial charge < -0.3 is 27.4 Å². The van der Waals surface area contributed by atoms with Crippen molar-refractivity contribution in [1.29, 1.82) is 0 Å². The van der Waals surface area contributed by atoms with E-state index in [2.05, 4.69) is 0 Å². The van der Waals surface area contributed by atoms with E-state index < -0.39 is 0 Å². The maximum Gasteiger partial charge on any atom is 0 e. The molecular formula is H11CdClO5. The van der Waals surface area contributed by atoms with Crippen molar-refractivity contribution in [3.8, 4) is 0 Å². The molecule has 0 saturated heterocycles. The summed E-state index contributed by atoms with van der Waals surface area (Å²) in [6.45, 7) is 0. The first kappa shape index (κ1) is 385. The molecule has 0 radical (unpaired) electrons. The van der Waals surface area contributed by atoms with E-state index in [1.54, 1.807) is 0 Å². The maximum atomic E-state index is 0. The van der Waals surface area contributed by atoms with Crippen LogP contribution in [-0.4, -0.2) is 27.4 Å². The van der Waals surface area contributed by atoms with Gasteiger partial charge in [-0.1, -0.05) is 0 Å². The molecule has 5 nitrogen and oxygen atoms in total. The van der Waals surface area contributed by atoms with Crippen LogP contribution in [0.2, 0.25) is 0 Å². The van der Waals surface area contributed by atoms with Crippen LogP contribution in [0.15, 0.2) is 0 Å². The molecule has 0 bridgehead atoms. The van der Waals surface area contributed by atoms with E-state index in [1.165, 1.54) is 0 Å². The molecule has 0 amide bonds. The van der Waals surface area contributed by atoms with E-state index in [4.69, 9.17) is 0 Å². The summed E-state index contributed by atoms with van der Waals surface area (Å²) >= 11 is 0. The quantitative estimate of drug-likeness (QED) is 0.381. The Balaban J connectivity index is 0. The van der Waals surface area contributed by atoms with Crippen molar-refractivity contribution >= 4 is 12.4 Å². The van der Waals surface area contributed by atoms with E-state index in [1.807, 2.05) is 0 Å². The number of hydrogen-bond donors (Lipinski definition) is 0. The molecule has 0 aliphatic carbocycles. The van der Waals surface area contributed by atoms with Gasteiger partial charge in [0.2, 0.25) is 0 Å². The molecule has 0 aromatic rings. The molecule has 0 heterocycles. The summed E-state index contributed by atoms with van der Waals surface area (Å²) in [5.41, 5.74) is 0. The normalized spacial score (nSPS) is 0. The van der Waals surface area contributed by atoms with E-state index in [-0.39, 0.29) is 67.1 Å². The Morgan fingerprint density at radius 1 is 0.429 bits per heavy atom. The molecule has 0 saturated carbocycles. The second-order valence-corrected chi connectivity index (χ2v) is 0. The summed E-state index contributed by atoms with van der Waals surface area (Å²) in [5, 5.41) is 0. The van der Waals surface area contributed by atoms with Crippen LogP contribution in [0.3, 0.4) is 0 Å². The number of rotatable bonds is 0. The average molecular weight is 239 g/mol. The Morgan fingerprint density at radius 3 is 0.429 bits per heavy atom. The Kier molecular flexibility index (Phi) is 13600. The van der Waals surface area contributed by atoms with Crippen molar-refractivity contribution < 1.29 is 54.7 Å². The largest absolute Gasteiger partial charge is 0.412 e. The van der Waals surface area contributed by atoms with Crippen molar-refractivity contribution in [2.45, 2.75) is 0 Å². The maximum absolute atomic E-state index is 0. The fourth-order valence-corrected chi connectivity index (χ4v) is 0. The van der Waals surface area contributed by atoms with Crippen LogP contribution in [0, 0.1) is 0 Å². The Hall–Kier alpha value is 1.01. The third-order valence-electron chi connectivity index (χ3n) is 0. The van der Waals surface area contributed by atoms with Crippen LogP contribution in [-0.2, 0) is 27.3 Å². The number of halogens is 1. The van der Waals surface area contributed by atoms with Crippen molar-refractivity contribution in [2.24, 2.45) is 0 Å². The summed E-state index contributed by atoms with van der Waals surface area (Å²) < 4.78 is 0. The van der Waals surface area contributed by atoms with Gasteiger partial charge in [0.05, 0.1) is 0 Å². The molecular weight excluding hydrogens is 228 g/mol. The topological polar surface area (TPSA) is 158 Å². The Labute approximate surface area is 67.2 Å². The number of hydrogen-bond acceptors (Lipinski definition) is 0. The fraction of sp³-hybridized carbons (Fsp3) is 0. The van der Waals surface area contributed by atoms with Crippen LogP contribution in [0.25, 0.3) is 0 Å². The predicted molar refractivity (Wildman–Crippen MR) is 25.3 cm³/mol. The van der Waals surface area contributed by atoms with Gasteiger partial charge in [-0.2, -0.15) is 0 Å². The summed E-state index contributed by atoms with van der Waals surface area (Å²) in [7, 11) is 0. The SMILES string of the molecule is Cl.O.O.O.O.O.[Cd]. The average Bonchev–Trinajstić information content (AvgIpc) is 0. The molecule has 7 heteroatoms. The fourth-order valence-electron chi connectivity index (χ4n) is 0. The zero-order chi connectivity index (χ0) is 0. The van der Waals surface area contributed by atoms with Gasteiger partial charge in [0.15, 0.2) is 0 Å². The van der Waals surface area contributed by atoms with Gasteiger partial charge >= 0.3 is 0 Å². The van der Waals surface area contributed by atoms with Crippen LogP contribution in [0.4, 0.5) is 0 Å². The van der Waals surface area contributed by atoms with Crippen LogP contribution < -0.4 is 0 Å². The first-order valence-electron chi connectivity index (χ1n) is 0. The zero-order valence-electron chi connectivity index (χ0n) is 3.62. The molecule has 7 heavy (non-hydrogen) atoms. The minimum Gasteiger partial charge on any atom is -0.412 e. The molecule has 0 fully saturated rings. The first-order valence-corrected chi connectivity index (χ1v) is 0. The third kappa shape index (κ3) is 172. The smallest absolute Gasteiger partial charge is 0 e. The minimum atomic E-state index is 0. The van der Waals surface area contributed by atoms with E-state index in [0.717, 1.165) is 0 Å². The van der Waals surface area contributed by atoms with Gasteiger partial charge in [-0.15, -0.1) is 12.4 Å². The monoisotopic (exact) mass is 240 g/mol. The Morgan fingerprint density at radius 2 is 0.429 bits per heavy atom. The second kappa shape index (κ2) is 247. The second-order valence-electron chi connectivity index (χ2n) is 0. The van der Waals surface area contributed by atoms with Gasteiger partial charge in [-0.3, -0.25) is 0 Å². The summed E-state index contributed by atoms with van der Waals surface area (Å²) in [6.07, 6.45) is 0. The van der Waals surface area contributed by atoms with Crippen LogP contribution in [0.5, 0.6) is 0 Å². The Bertz CT molecular complexity index is 8.04. The molecule has 10 N–H and O–H groups in total. The van der Waals surface area contributed by atoms with Crippen LogP contribution >= 0.6 is 12.4 Å². The first-order chi connectivity index (χ1) is 0. The molecule has 0 atom stereocenters. The molecule has 50 valence electrons. The van der Waals surface area contributed by atoms with E-state index >= 15 is 0 Å². The van der Waals surface area contributed by atoms with Crippen molar-refractivity contribution in [3.63, 3.8) is 0 Å². The van der Waals surface area contributed by atoms with Crippen molar-refractivity contribution in [1.82, 2.24) is 0 Å². The summed E-state index contributed by atoms with van der Waals surface area (Å²) in [5.74, 6) is 0. The molecule has 0 rings (SSSR count). The van der Waals surface area contributed by atoms with Gasteiger partial charge in [0.25, 0.3) is 0 Å². The molecule has 0 aromatic carbocycles. The van der Waals surface area contributed by atoms with Gasteiger partial charge in [-0.05, 0) is 0 Å². The van der Waals surface area contributed by atoms with E-state index in [0.29, 0.717) is 0 Å². The van der Waals surface area contributed by atoms with Gasteiger partial charge in [0.1, 0.15) is 0 Å². The molecule has 0 aliphatic rings. The van der Waals surface area contributed by atoms with Gasteiger partial charge in [0, 0.05) is 27.3 Å². The molecule has 0 unspecified atom stereocenters.